The molecule has 0 unspecified atom stereocenters. The number of aldehydes is 1. The van der Waals surface area contributed by atoms with Crippen LogP contribution in [0.3, 0.4) is 0 Å². The van der Waals surface area contributed by atoms with E-state index in [1.807, 2.05) is 6.92 Å². The van der Waals surface area contributed by atoms with E-state index in [0.29, 0.717) is 18.3 Å². The molecule has 0 amide bonds. The Morgan fingerprint density at radius 2 is 2.00 bits per heavy atom. The molecule has 0 spiro atoms. The van der Waals surface area contributed by atoms with E-state index < -0.39 is 28.5 Å². The Kier molecular flexibility index (Phi) is 5.02. The van der Waals surface area contributed by atoms with Gasteiger partial charge in [-0.15, -0.1) is 0 Å². The number of carbonyl (C=O) groups is 2. The molecule has 0 aromatic heterocycles. The predicted molar refractivity (Wildman–Crippen MR) is 122 cm³/mol. The molecule has 2 saturated heterocycles. The van der Waals surface area contributed by atoms with Gasteiger partial charge in [-0.25, -0.2) is 0 Å². The van der Waals surface area contributed by atoms with E-state index >= 15 is 0 Å². The third kappa shape index (κ3) is 2.47. The van der Waals surface area contributed by atoms with Gasteiger partial charge < -0.3 is 28.8 Å². The predicted octanol–water partition coefficient (Wildman–Crippen LogP) is 3.45. The molecule has 1 N–H and O–H groups in total. The SMILES string of the molecule is CO[C@H]1[C@H]2O[C@H]2[C@H](OC[C@@]23C[C@@H]4[C@H](C)CC[C@H]4[C@@]4(C=O)C[C@@H]2C=C(C(C)C)[C@@]34C(=O)O)O[C@@H]1C. The molecule has 6 rings (SSSR count). The van der Waals surface area contributed by atoms with Gasteiger partial charge in [-0.2, -0.15) is 0 Å². The fourth-order valence-corrected chi connectivity index (χ4v) is 9.58. The Morgan fingerprint density at radius 3 is 2.65 bits per heavy atom. The molecule has 0 aromatic carbocycles. The second-order valence-corrected chi connectivity index (χ2v) is 12.3. The van der Waals surface area contributed by atoms with Crippen molar-refractivity contribution in [1.29, 1.82) is 0 Å². The molecule has 6 aliphatic rings. The lowest BCUT2D eigenvalue weighted by molar-refractivity contribution is -0.237. The zero-order valence-corrected chi connectivity index (χ0v) is 20.9. The van der Waals surface area contributed by atoms with Crippen LogP contribution in [-0.4, -0.2) is 61.8 Å². The van der Waals surface area contributed by atoms with Gasteiger partial charge in [0.15, 0.2) is 6.29 Å². The summed E-state index contributed by atoms with van der Waals surface area (Å²) < 4.78 is 24.0. The summed E-state index contributed by atoms with van der Waals surface area (Å²) >= 11 is 0. The van der Waals surface area contributed by atoms with Crippen molar-refractivity contribution in [2.24, 2.45) is 45.8 Å². The van der Waals surface area contributed by atoms with E-state index in [9.17, 15) is 14.7 Å². The largest absolute Gasteiger partial charge is 0.481 e. The Labute approximate surface area is 201 Å². The molecular formula is C27H38O7. The van der Waals surface area contributed by atoms with E-state index in [1.54, 1.807) is 7.11 Å². The van der Waals surface area contributed by atoms with Gasteiger partial charge in [-0.3, -0.25) is 4.79 Å². The summed E-state index contributed by atoms with van der Waals surface area (Å²) in [5.74, 6) is 0.188. The van der Waals surface area contributed by atoms with E-state index in [-0.39, 0.29) is 48.8 Å². The minimum Gasteiger partial charge on any atom is -0.481 e. The van der Waals surface area contributed by atoms with Crippen molar-refractivity contribution in [3.05, 3.63) is 11.6 Å². The number of fused-ring (bicyclic) bond motifs is 3. The lowest BCUT2D eigenvalue weighted by atomic mass is 9.43. The lowest BCUT2D eigenvalue weighted by Crippen LogP contribution is -2.63. The number of rotatable bonds is 7. The quantitative estimate of drug-likeness (QED) is 0.343. The number of aliphatic carboxylic acids is 1. The molecule has 2 heterocycles. The topological polar surface area (TPSA) is 94.6 Å². The Balaban J connectivity index is 1.40. The summed E-state index contributed by atoms with van der Waals surface area (Å²) in [4.78, 5) is 26.6. The zero-order chi connectivity index (χ0) is 24.2. The third-order valence-electron chi connectivity index (χ3n) is 10.9. The maximum atomic E-state index is 13.5. The Hall–Kier alpha value is -1.28. The number of ether oxygens (including phenoxy) is 4. The molecule has 5 fully saturated rings. The van der Waals surface area contributed by atoms with Gasteiger partial charge in [0.05, 0.1) is 18.1 Å². The number of carboxylic acids is 1. The van der Waals surface area contributed by atoms with Crippen molar-refractivity contribution >= 4 is 12.3 Å². The molecule has 0 aromatic rings. The molecule has 7 heteroatoms. The van der Waals surface area contributed by atoms with Crippen molar-refractivity contribution in [1.82, 2.24) is 0 Å². The minimum atomic E-state index is -1.22. The van der Waals surface area contributed by atoms with Gasteiger partial charge in [-0.05, 0) is 55.8 Å². The smallest absolute Gasteiger partial charge is 0.315 e. The van der Waals surface area contributed by atoms with Crippen molar-refractivity contribution in [3.8, 4) is 0 Å². The normalized spacial score (nSPS) is 54.5. The number of allylic oxidation sites excluding steroid dienone is 1. The van der Waals surface area contributed by atoms with Crippen LogP contribution in [0.15, 0.2) is 11.6 Å². The fraction of sp³-hybridized carbons (Fsp3) is 0.852. The van der Waals surface area contributed by atoms with E-state index in [4.69, 9.17) is 18.9 Å². The number of hydrogen-bond acceptors (Lipinski definition) is 6. The van der Waals surface area contributed by atoms with Crippen LogP contribution in [0.4, 0.5) is 0 Å². The second kappa shape index (κ2) is 7.37. The first kappa shape index (κ1) is 23.1. The molecule has 4 aliphatic carbocycles. The average molecular weight is 475 g/mol. The van der Waals surface area contributed by atoms with Gasteiger partial charge in [0.1, 0.15) is 30.0 Å². The molecule has 3 saturated carbocycles. The van der Waals surface area contributed by atoms with Crippen molar-refractivity contribution in [3.63, 3.8) is 0 Å². The number of carbonyl (C=O) groups excluding carboxylic acids is 1. The van der Waals surface area contributed by atoms with Crippen LogP contribution in [0.1, 0.15) is 53.4 Å². The summed E-state index contributed by atoms with van der Waals surface area (Å²) in [5, 5.41) is 11.0. The van der Waals surface area contributed by atoms with Gasteiger partial charge in [0.2, 0.25) is 0 Å². The molecular weight excluding hydrogens is 436 g/mol. The first-order chi connectivity index (χ1) is 16.2. The van der Waals surface area contributed by atoms with Crippen LogP contribution in [0.2, 0.25) is 0 Å². The summed E-state index contributed by atoms with van der Waals surface area (Å²) in [6, 6.07) is 0. The molecule has 188 valence electrons. The minimum absolute atomic E-state index is 0.0210. The number of methoxy groups -OCH3 is 1. The molecule has 4 bridgehead atoms. The zero-order valence-electron chi connectivity index (χ0n) is 20.9. The van der Waals surface area contributed by atoms with Crippen LogP contribution >= 0.6 is 0 Å². The maximum Gasteiger partial charge on any atom is 0.315 e. The second-order valence-electron chi connectivity index (χ2n) is 12.3. The number of epoxide rings is 1. The van der Waals surface area contributed by atoms with Crippen LogP contribution in [0, 0.1) is 45.8 Å². The Morgan fingerprint density at radius 1 is 1.24 bits per heavy atom. The van der Waals surface area contributed by atoms with Gasteiger partial charge in [0.25, 0.3) is 0 Å². The lowest BCUT2D eigenvalue weighted by Gasteiger charge is -2.58. The summed E-state index contributed by atoms with van der Waals surface area (Å²) in [6.07, 6.45) is 5.59. The summed E-state index contributed by atoms with van der Waals surface area (Å²) in [6.45, 7) is 8.63. The van der Waals surface area contributed by atoms with E-state index in [0.717, 1.165) is 31.1 Å². The standard InChI is InChI=1S/C27H38O7/c1-13(2)19-8-16-9-25(11-28)18-7-6-14(3)17(18)10-26(16,27(19,25)24(29)30)12-32-23-22-21(34-22)20(31-5)15(4)33-23/h8,11,13-18,20-23H,6-7,9-10,12H2,1-5H3,(H,29,30)/t14-,15-,16+,17-,18-,20-,21-,22-,23-,25+,26+,27+/m1/s1. The van der Waals surface area contributed by atoms with Crippen LogP contribution in [0.25, 0.3) is 0 Å². The maximum absolute atomic E-state index is 13.5. The highest BCUT2D eigenvalue weighted by atomic mass is 16.7. The fourth-order valence-electron chi connectivity index (χ4n) is 9.58. The Bertz CT molecular complexity index is 928. The molecule has 0 radical (unpaired) electrons. The van der Waals surface area contributed by atoms with Crippen LogP contribution in [0.5, 0.6) is 0 Å². The average Bonchev–Trinajstić information content (AvgIpc) is 3.39. The molecule has 34 heavy (non-hydrogen) atoms. The monoisotopic (exact) mass is 474 g/mol. The highest BCUT2D eigenvalue weighted by molar-refractivity contribution is 5.90. The van der Waals surface area contributed by atoms with Crippen molar-refractivity contribution in [2.45, 2.75) is 84.1 Å². The number of hydrogen-bond donors (Lipinski definition) is 1. The summed E-state index contributed by atoms with van der Waals surface area (Å²) in [5.41, 5.74) is -1.79. The highest BCUT2D eigenvalue weighted by Gasteiger charge is 2.84. The van der Waals surface area contributed by atoms with Crippen molar-refractivity contribution < 1.29 is 33.6 Å². The van der Waals surface area contributed by atoms with Crippen LogP contribution in [-0.2, 0) is 28.5 Å². The van der Waals surface area contributed by atoms with Gasteiger partial charge in [0, 0.05) is 12.5 Å². The molecule has 12 atom stereocenters. The van der Waals surface area contributed by atoms with E-state index in [2.05, 4.69) is 26.8 Å². The van der Waals surface area contributed by atoms with Crippen molar-refractivity contribution in [2.75, 3.05) is 13.7 Å². The van der Waals surface area contributed by atoms with Crippen LogP contribution < -0.4 is 0 Å². The summed E-state index contributed by atoms with van der Waals surface area (Å²) in [7, 11) is 1.66. The first-order valence-corrected chi connectivity index (χ1v) is 13.1. The molecule has 7 nitrogen and oxygen atoms in total. The molecule has 2 aliphatic heterocycles. The third-order valence-corrected chi connectivity index (χ3v) is 10.9. The van der Waals surface area contributed by atoms with Gasteiger partial charge >= 0.3 is 5.97 Å². The first-order valence-electron chi connectivity index (χ1n) is 13.1. The van der Waals surface area contributed by atoms with Gasteiger partial charge in [-0.1, -0.05) is 38.8 Å². The number of carboxylic acid groups (broad SMARTS) is 1. The highest BCUT2D eigenvalue weighted by Crippen LogP contribution is 2.82. The van der Waals surface area contributed by atoms with E-state index in [1.165, 1.54) is 0 Å².